The number of carbonyl (C=O) groups is 3. The Bertz CT molecular complexity index is 1050. The van der Waals surface area contributed by atoms with E-state index >= 15 is 0 Å². The predicted molar refractivity (Wildman–Crippen MR) is 150 cm³/mol. The molecule has 2 saturated heterocycles. The maximum atomic E-state index is 13.7. The van der Waals surface area contributed by atoms with E-state index in [0.29, 0.717) is 39.0 Å². The van der Waals surface area contributed by atoms with Gasteiger partial charge in [-0.05, 0) is 49.3 Å². The lowest BCUT2D eigenvalue weighted by atomic mass is 9.89. The monoisotopic (exact) mass is 535 g/mol. The van der Waals surface area contributed by atoms with Gasteiger partial charge in [-0.3, -0.25) is 14.6 Å². The lowest BCUT2D eigenvalue weighted by Gasteiger charge is -2.38. The van der Waals surface area contributed by atoms with Gasteiger partial charge in [0.15, 0.2) is 0 Å². The zero-order valence-electron chi connectivity index (χ0n) is 23.0. The zero-order chi connectivity index (χ0) is 27.5. The van der Waals surface area contributed by atoms with E-state index in [2.05, 4.69) is 22.1 Å². The van der Waals surface area contributed by atoms with Gasteiger partial charge < -0.3 is 24.8 Å². The quantitative estimate of drug-likeness (QED) is 0.497. The summed E-state index contributed by atoms with van der Waals surface area (Å²) in [5, 5.41) is 2.88. The largest absolute Gasteiger partial charge is 0.445 e. The second-order valence-corrected chi connectivity index (χ2v) is 10.4. The highest BCUT2D eigenvalue weighted by Gasteiger charge is 2.33. The summed E-state index contributed by atoms with van der Waals surface area (Å²) in [6.07, 6.45) is 7.69. The van der Waals surface area contributed by atoms with Crippen molar-refractivity contribution in [1.29, 1.82) is 0 Å². The normalized spacial score (nSPS) is 17.0. The van der Waals surface area contributed by atoms with Crippen LogP contribution in [0.2, 0.25) is 0 Å². The number of hydrogen-bond donors (Lipinski definition) is 1. The molecule has 1 aromatic heterocycles. The van der Waals surface area contributed by atoms with Crippen LogP contribution in [0.1, 0.15) is 51.0 Å². The van der Waals surface area contributed by atoms with Crippen molar-refractivity contribution >= 4 is 23.6 Å². The summed E-state index contributed by atoms with van der Waals surface area (Å²) >= 11 is 0. The number of nitrogens with zero attached hydrogens (tertiary/aromatic N) is 4. The molecule has 4 rings (SSSR count). The summed E-state index contributed by atoms with van der Waals surface area (Å²) in [5.41, 5.74) is 1.99. The Kier molecular flexibility index (Phi) is 10.6. The topological polar surface area (TPSA) is 95.1 Å². The van der Waals surface area contributed by atoms with Crippen molar-refractivity contribution in [2.45, 2.75) is 58.1 Å². The number of anilines is 1. The van der Waals surface area contributed by atoms with Crippen LogP contribution in [-0.4, -0.2) is 78.0 Å². The number of amides is 3. The van der Waals surface area contributed by atoms with Gasteiger partial charge in [-0.2, -0.15) is 0 Å². The minimum atomic E-state index is -0.659. The number of hydrogen-bond acceptors (Lipinski definition) is 6. The summed E-state index contributed by atoms with van der Waals surface area (Å²) in [6.45, 7) is 6.27. The number of carbonyl (C=O) groups excluding carboxylic acids is 3. The van der Waals surface area contributed by atoms with Crippen molar-refractivity contribution in [3.8, 4) is 0 Å². The minimum absolute atomic E-state index is 0.0671. The summed E-state index contributed by atoms with van der Waals surface area (Å²) < 4.78 is 5.46. The third-order valence-electron chi connectivity index (χ3n) is 7.70. The summed E-state index contributed by atoms with van der Waals surface area (Å²) in [6, 6.07) is 12.8. The fourth-order valence-electron chi connectivity index (χ4n) is 5.33. The SMILES string of the molecule is CCCCC(=O)N1CCC(C[C@H](NC(=O)OCc2ccccc2)C(=O)N2CCN(c3ccncc3)CC2)CC1. The Morgan fingerprint density at radius 3 is 2.31 bits per heavy atom. The van der Waals surface area contributed by atoms with Gasteiger partial charge in [-0.25, -0.2) is 4.79 Å². The maximum absolute atomic E-state index is 13.7. The number of nitrogens with one attached hydrogen (secondary N) is 1. The molecule has 9 heteroatoms. The Morgan fingerprint density at radius 2 is 1.64 bits per heavy atom. The molecule has 2 aromatic rings. The van der Waals surface area contributed by atoms with Gasteiger partial charge in [0.2, 0.25) is 11.8 Å². The van der Waals surface area contributed by atoms with E-state index < -0.39 is 12.1 Å². The average molecular weight is 536 g/mol. The highest BCUT2D eigenvalue weighted by atomic mass is 16.5. The molecule has 39 heavy (non-hydrogen) atoms. The Morgan fingerprint density at radius 1 is 0.949 bits per heavy atom. The third-order valence-corrected chi connectivity index (χ3v) is 7.70. The maximum Gasteiger partial charge on any atom is 0.408 e. The van der Waals surface area contributed by atoms with Gasteiger partial charge in [0, 0.05) is 63.8 Å². The van der Waals surface area contributed by atoms with Crippen molar-refractivity contribution in [3.63, 3.8) is 0 Å². The van der Waals surface area contributed by atoms with Crippen LogP contribution in [0.4, 0.5) is 10.5 Å². The van der Waals surface area contributed by atoms with Crippen LogP contribution >= 0.6 is 0 Å². The molecule has 2 aliphatic rings. The molecule has 9 nitrogen and oxygen atoms in total. The van der Waals surface area contributed by atoms with E-state index in [1.807, 2.05) is 52.3 Å². The molecule has 2 aliphatic heterocycles. The van der Waals surface area contributed by atoms with E-state index in [1.165, 1.54) is 0 Å². The van der Waals surface area contributed by atoms with E-state index in [1.54, 1.807) is 12.4 Å². The molecule has 0 saturated carbocycles. The molecule has 2 fully saturated rings. The van der Waals surface area contributed by atoms with Crippen molar-refractivity contribution in [2.75, 3.05) is 44.2 Å². The molecule has 1 aromatic carbocycles. The number of pyridine rings is 1. The fraction of sp³-hybridized carbons (Fsp3) is 0.533. The molecule has 0 bridgehead atoms. The molecule has 1 N–H and O–H groups in total. The highest BCUT2D eigenvalue weighted by Crippen LogP contribution is 2.24. The van der Waals surface area contributed by atoms with Crippen molar-refractivity contribution < 1.29 is 19.1 Å². The number of piperazine rings is 1. The van der Waals surface area contributed by atoms with Crippen LogP contribution in [0.25, 0.3) is 0 Å². The van der Waals surface area contributed by atoms with Crippen LogP contribution in [-0.2, 0) is 20.9 Å². The Hall–Kier alpha value is -3.62. The molecular formula is C30H41N5O4. The Balaban J connectivity index is 1.34. The predicted octanol–water partition coefficient (Wildman–Crippen LogP) is 3.84. The number of aromatic nitrogens is 1. The van der Waals surface area contributed by atoms with Crippen LogP contribution in [0, 0.1) is 5.92 Å². The van der Waals surface area contributed by atoms with Crippen molar-refractivity contribution in [3.05, 3.63) is 60.4 Å². The summed E-state index contributed by atoms with van der Waals surface area (Å²) in [7, 11) is 0. The standard InChI is InChI=1S/C30H41N5O4/c1-2-3-9-28(36)34-16-12-24(13-17-34)22-27(32-30(38)39-23-25-7-5-4-6-8-25)29(37)35-20-18-33(19-21-35)26-10-14-31-15-11-26/h4-8,10-11,14-15,24,27H,2-3,9,12-13,16-23H2,1H3,(H,32,38)/t27-/m0/s1. The molecule has 3 heterocycles. The first-order valence-corrected chi connectivity index (χ1v) is 14.2. The summed E-state index contributed by atoms with van der Waals surface area (Å²) in [5.74, 6) is 0.404. The summed E-state index contributed by atoms with van der Waals surface area (Å²) in [4.78, 5) is 49.0. The zero-order valence-corrected chi connectivity index (χ0v) is 23.0. The Labute approximate surface area is 231 Å². The lowest BCUT2D eigenvalue weighted by molar-refractivity contribution is -0.135. The van der Waals surface area contributed by atoms with Crippen molar-refractivity contribution in [1.82, 2.24) is 20.1 Å². The average Bonchev–Trinajstić information content (AvgIpc) is 2.99. The molecule has 0 spiro atoms. The number of benzene rings is 1. The minimum Gasteiger partial charge on any atom is -0.445 e. The number of piperidine rings is 1. The van der Waals surface area contributed by atoms with Gasteiger partial charge in [-0.1, -0.05) is 43.7 Å². The van der Waals surface area contributed by atoms with E-state index in [4.69, 9.17) is 4.74 Å². The van der Waals surface area contributed by atoms with Gasteiger partial charge in [0.25, 0.3) is 0 Å². The molecular weight excluding hydrogens is 494 g/mol. The molecule has 3 amide bonds. The third kappa shape index (κ3) is 8.43. The van der Waals surface area contributed by atoms with E-state index in [-0.39, 0.29) is 24.3 Å². The van der Waals surface area contributed by atoms with Gasteiger partial charge in [0.05, 0.1) is 0 Å². The highest BCUT2D eigenvalue weighted by molar-refractivity contribution is 5.86. The van der Waals surface area contributed by atoms with Gasteiger partial charge >= 0.3 is 6.09 Å². The number of rotatable bonds is 10. The molecule has 0 unspecified atom stereocenters. The number of ether oxygens (including phenoxy) is 1. The van der Waals surface area contributed by atoms with E-state index in [0.717, 1.165) is 50.0 Å². The second-order valence-electron chi connectivity index (χ2n) is 10.4. The lowest BCUT2D eigenvalue weighted by Crippen LogP contribution is -2.55. The first-order chi connectivity index (χ1) is 19.0. The van der Waals surface area contributed by atoms with Gasteiger partial charge in [-0.15, -0.1) is 0 Å². The number of unbranched alkanes of at least 4 members (excludes halogenated alkanes) is 1. The van der Waals surface area contributed by atoms with Crippen LogP contribution in [0.3, 0.4) is 0 Å². The first kappa shape index (κ1) is 28.4. The molecule has 1 atom stereocenters. The molecule has 0 aliphatic carbocycles. The van der Waals surface area contributed by atoms with Gasteiger partial charge in [0.1, 0.15) is 12.6 Å². The van der Waals surface area contributed by atoms with Crippen LogP contribution < -0.4 is 10.2 Å². The smallest absolute Gasteiger partial charge is 0.408 e. The van der Waals surface area contributed by atoms with E-state index in [9.17, 15) is 14.4 Å². The first-order valence-electron chi connectivity index (χ1n) is 14.2. The molecule has 210 valence electrons. The fourth-order valence-corrected chi connectivity index (χ4v) is 5.33. The van der Waals surface area contributed by atoms with Crippen LogP contribution in [0.5, 0.6) is 0 Å². The number of likely N-dealkylation sites (tertiary alicyclic amines) is 1. The second kappa shape index (κ2) is 14.5. The molecule has 0 radical (unpaired) electrons. The number of alkyl carbamates (subject to hydrolysis) is 1. The van der Waals surface area contributed by atoms with Crippen LogP contribution in [0.15, 0.2) is 54.9 Å². The van der Waals surface area contributed by atoms with Crippen molar-refractivity contribution in [2.24, 2.45) is 5.92 Å².